The largest absolute Gasteiger partial charge is 0.393 e. The van der Waals surface area contributed by atoms with Crippen LogP contribution in [0.4, 0.5) is 0 Å². The highest BCUT2D eigenvalue weighted by Gasteiger charge is 2.31. The number of hydrogen-bond acceptors (Lipinski definition) is 2. The lowest BCUT2D eigenvalue weighted by Crippen LogP contribution is -2.36. The monoisotopic (exact) mass is 206 g/mol. The molecule has 1 unspecified atom stereocenters. The molecule has 1 saturated carbocycles. The van der Waals surface area contributed by atoms with Gasteiger partial charge in [0.15, 0.2) is 0 Å². The molecule has 0 saturated heterocycles. The van der Waals surface area contributed by atoms with Crippen molar-refractivity contribution < 1.29 is 9.84 Å². The average Bonchev–Trinajstić information content (AvgIpc) is 2.23. The number of rotatable bonds is 4. The van der Waals surface area contributed by atoms with Crippen LogP contribution >= 0.6 is 0 Å². The van der Waals surface area contributed by atoms with E-state index in [2.05, 4.69) is 19.1 Å². The third kappa shape index (κ3) is 2.80. The van der Waals surface area contributed by atoms with Gasteiger partial charge in [0, 0.05) is 0 Å². The molecule has 82 valence electrons. The highest BCUT2D eigenvalue weighted by atomic mass is 16.5. The molecule has 0 amide bonds. The first kappa shape index (κ1) is 10.7. The van der Waals surface area contributed by atoms with Crippen LogP contribution in [0.5, 0.6) is 0 Å². The van der Waals surface area contributed by atoms with Gasteiger partial charge in [-0.2, -0.15) is 0 Å². The molecule has 0 aromatic heterocycles. The van der Waals surface area contributed by atoms with Crippen LogP contribution < -0.4 is 0 Å². The van der Waals surface area contributed by atoms with Gasteiger partial charge in [0.1, 0.15) is 0 Å². The normalized spacial score (nSPS) is 27.1. The summed E-state index contributed by atoms with van der Waals surface area (Å²) in [6, 6.07) is 10.2. The molecule has 2 rings (SSSR count). The molecule has 1 aromatic carbocycles. The molecule has 1 fully saturated rings. The van der Waals surface area contributed by atoms with Gasteiger partial charge in [-0.25, -0.2) is 0 Å². The van der Waals surface area contributed by atoms with E-state index < -0.39 is 0 Å². The van der Waals surface area contributed by atoms with Gasteiger partial charge >= 0.3 is 0 Å². The van der Waals surface area contributed by atoms with Gasteiger partial charge in [-0.3, -0.25) is 0 Å². The number of benzene rings is 1. The molecular weight excluding hydrogens is 188 g/mol. The minimum absolute atomic E-state index is 0.0854. The lowest BCUT2D eigenvalue weighted by atomic mass is 9.79. The van der Waals surface area contributed by atoms with E-state index in [1.165, 1.54) is 5.56 Å². The zero-order chi connectivity index (χ0) is 10.7. The summed E-state index contributed by atoms with van der Waals surface area (Å²) in [4.78, 5) is 0. The molecule has 15 heavy (non-hydrogen) atoms. The van der Waals surface area contributed by atoms with Crippen molar-refractivity contribution in [2.45, 2.75) is 38.6 Å². The minimum Gasteiger partial charge on any atom is -0.393 e. The van der Waals surface area contributed by atoms with Crippen LogP contribution in [0.2, 0.25) is 0 Å². The van der Waals surface area contributed by atoms with Crippen LogP contribution in [0.25, 0.3) is 0 Å². The van der Waals surface area contributed by atoms with Crippen LogP contribution in [-0.2, 0) is 11.3 Å². The predicted molar refractivity (Wildman–Crippen MR) is 59.4 cm³/mol. The zero-order valence-corrected chi connectivity index (χ0v) is 9.10. The average molecular weight is 206 g/mol. The van der Waals surface area contributed by atoms with Crippen molar-refractivity contribution in [3.05, 3.63) is 35.9 Å². The molecule has 1 atom stereocenters. The molecule has 1 aliphatic rings. The first-order valence-corrected chi connectivity index (χ1v) is 5.59. The Bertz CT molecular complexity index is 291. The second kappa shape index (κ2) is 4.77. The fraction of sp³-hybridized carbons (Fsp3) is 0.538. The maximum Gasteiger partial charge on any atom is 0.0720 e. The molecule has 0 radical (unpaired) electrons. The Hall–Kier alpha value is -0.860. The van der Waals surface area contributed by atoms with E-state index in [4.69, 9.17) is 4.74 Å². The molecular formula is C13H18O2. The van der Waals surface area contributed by atoms with Crippen LogP contribution in [0.3, 0.4) is 0 Å². The summed E-state index contributed by atoms with van der Waals surface area (Å²) in [6.45, 7) is 2.77. The SMILES string of the molecule is CC(OCc1ccccc1)C1CC(O)C1. The van der Waals surface area contributed by atoms with Crippen molar-refractivity contribution in [3.63, 3.8) is 0 Å². The van der Waals surface area contributed by atoms with E-state index >= 15 is 0 Å². The smallest absolute Gasteiger partial charge is 0.0720 e. The Morgan fingerprint density at radius 3 is 2.60 bits per heavy atom. The maximum absolute atomic E-state index is 9.20. The van der Waals surface area contributed by atoms with E-state index in [0.29, 0.717) is 12.5 Å². The van der Waals surface area contributed by atoms with Gasteiger partial charge in [-0.1, -0.05) is 30.3 Å². The predicted octanol–water partition coefficient (Wildman–Crippen LogP) is 2.36. The fourth-order valence-electron chi connectivity index (χ4n) is 1.95. The van der Waals surface area contributed by atoms with Crippen LogP contribution in [0, 0.1) is 5.92 Å². The van der Waals surface area contributed by atoms with E-state index in [1.807, 2.05) is 18.2 Å². The minimum atomic E-state index is -0.0854. The summed E-state index contributed by atoms with van der Waals surface area (Å²) in [6.07, 6.45) is 1.97. The molecule has 0 aliphatic heterocycles. The van der Waals surface area contributed by atoms with Gasteiger partial charge < -0.3 is 9.84 Å². The Morgan fingerprint density at radius 2 is 2.00 bits per heavy atom. The van der Waals surface area contributed by atoms with Crippen LogP contribution in [-0.4, -0.2) is 17.3 Å². The number of ether oxygens (including phenoxy) is 1. The molecule has 1 N–H and O–H groups in total. The third-order valence-corrected chi connectivity index (χ3v) is 3.17. The third-order valence-electron chi connectivity index (χ3n) is 3.17. The van der Waals surface area contributed by atoms with Crippen molar-refractivity contribution in [3.8, 4) is 0 Å². The molecule has 2 nitrogen and oxygen atoms in total. The molecule has 1 aromatic rings. The first-order chi connectivity index (χ1) is 7.25. The molecule has 0 spiro atoms. The Labute approximate surface area is 90.9 Å². The fourth-order valence-corrected chi connectivity index (χ4v) is 1.95. The van der Waals surface area contributed by atoms with Crippen molar-refractivity contribution in [1.29, 1.82) is 0 Å². The summed E-state index contributed by atoms with van der Waals surface area (Å²) < 4.78 is 5.77. The van der Waals surface area contributed by atoms with E-state index in [9.17, 15) is 5.11 Å². The Kier molecular flexibility index (Phi) is 3.39. The lowest BCUT2D eigenvalue weighted by molar-refractivity contribution is -0.0610. The van der Waals surface area contributed by atoms with Gasteiger partial charge in [0.2, 0.25) is 0 Å². The molecule has 0 heterocycles. The molecule has 0 bridgehead atoms. The standard InChI is InChI=1S/C13H18O2/c1-10(12-7-13(14)8-12)15-9-11-5-3-2-4-6-11/h2-6,10,12-14H,7-9H2,1H3. The number of hydrogen-bond donors (Lipinski definition) is 1. The Balaban J connectivity index is 1.74. The van der Waals surface area contributed by atoms with Crippen molar-refractivity contribution in [2.75, 3.05) is 0 Å². The summed E-state index contributed by atoms with van der Waals surface area (Å²) in [5.41, 5.74) is 1.21. The first-order valence-electron chi connectivity index (χ1n) is 5.59. The zero-order valence-electron chi connectivity index (χ0n) is 9.10. The summed E-state index contributed by atoms with van der Waals surface area (Å²) in [5.74, 6) is 0.545. The lowest BCUT2D eigenvalue weighted by Gasteiger charge is -2.35. The quantitative estimate of drug-likeness (QED) is 0.819. The summed E-state index contributed by atoms with van der Waals surface area (Å²) >= 11 is 0. The second-order valence-corrected chi connectivity index (χ2v) is 4.39. The summed E-state index contributed by atoms with van der Waals surface area (Å²) in [5, 5.41) is 9.20. The van der Waals surface area contributed by atoms with Gasteiger partial charge in [0.05, 0.1) is 18.8 Å². The molecule has 1 aliphatic carbocycles. The van der Waals surface area contributed by atoms with Crippen molar-refractivity contribution >= 4 is 0 Å². The number of aliphatic hydroxyl groups excluding tert-OH is 1. The van der Waals surface area contributed by atoms with Crippen molar-refractivity contribution in [2.24, 2.45) is 5.92 Å². The second-order valence-electron chi connectivity index (χ2n) is 4.39. The molecule has 2 heteroatoms. The van der Waals surface area contributed by atoms with Crippen LogP contribution in [0.15, 0.2) is 30.3 Å². The van der Waals surface area contributed by atoms with E-state index in [-0.39, 0.29) is 12.2 Å². The topological polar surface area (TPSA) is 29.5 Å². The van der Waals surface area contributed by atoms with Gasteiger partial charge in [-0.15, -0.1) is 0 Å². The summed E-state index contributed by atoms with van der Waals surface area (Å²) in [7, 11) is 0. The van der Waals surface area contributed by atoms with Crippen molar-refractivity contribution in [1.82, 2.24) is 0 Å². The van der Waals surface area contributed by atoms with Gasteiger partial charge in [0.25, 0.3) is 0 Å². The number of aliphatic hydroxyl groups is 1. The Morgan fingerprint density at radius 1 is 1.33 bits per heavy atom. The highest BCUT2D eigenvalue weighted by Crippen LogP contribution is 2.31. The van der Waals surface area contributed by atoms with Crippen LogP contribution in [0.1, 0.15) is 25.3 Å². The highest BCUT2D eigenvalue weighted by molar-refractivity contribution is 5.13. The van der Waals surface area contributed by atoms with E-state index in [0.717, 1.165) is 12.8 Å². The van der Waals surface area contributed by atoms with Gasteiger partial charge in [-0.05, 0) is 31.2 Å². The maximum atomic E-state index is 9.20. The van der Waals surface area contributed by atoms with E-state index in [1.54, 1.807) is 0 Å².